The average Bonchev–Trinajstić information content (AvgIpc) is 2.84. The monoisotopic (exact) mass is 340 g/mol. The van der Waals surface area contributed by atoms with Crippen LogP contribution in [0.5, 0.6) is 0 Å². The van der Waals surface area contributed by atoms with E-state index < -0.39 is 0 Å². The number of rotatable bonds is 4. The molecule has 0 bridgehead atoms. The van der Waals surface area contributed by atoms with Crippen molar-refractivity contribution in [3.8, 4) is 0 Å². The zero-order valence-corrected chi connectivity index (χ0v) is 15.7. The van der Waals surface area contributed by atoms with Gasteiger partial charge in [-0.1, -0.05) is 18.6 Å². The Morgan fingerprint density at radius 3 is 2.56 bits per heavy atom. The topological polar surface area (TPSA) is 50.2 Å². The zero-order valence-electron chi connectivity index (χ0n) is 15.7. The fourth-order valence-electron chi connectivity index (χ4n) is 3.62. The Kier molecular flexibility index (Phi) is 5.23. The maximum atomic E-state index is 12.5. The number of nitrogens with zero attached hydrogens (tertiary/aromatic N) is 3. The quantitative estimate of drug-likeness (QED) is 0.924. The Hall–Kier alpha value is -2.14. The molecule has 1 amide bonds. The van der Waals surface area contributed by atoms with Crippen molar-refractivity contribution in [3.05, 3.63) is 46.8 Å². The van der Waals surface area contributed by atoms with Gasteiger partial charge in [0.1, 0.15) is 0 Å². The van der Waals surface area contributed by atoms with E-state index in [4.69, 9.17) is 0 Å². The Morgan fingerprint density at radius 1 is 1.24 bits per heavy atom. The van der Waals surface area contributed by atoms with Crippen LogP contribution in [0.1, 0.15) is 53.5 Å². The molecular formula is C20H28N4O. The summed E-state index contributed by atoms with van der Waals surface area (Å²) in [5.74, 6) is -0.0968. The Balaban J connectivity index is 1.65. The third-order valence-electron chi connectivity index (χ3n) is 5.27. The first-order valence-corrected chi connectivity index (χ1v) is 9.10. The molecule has 1 unspecified atom stereocenters. The molecule has 0 spiro atoms. The van der Waals surface area contributed by atoms with Crippen LogP contribution in [0.4, 0.5) is 5.69 Å². The number of piperidine rings is 1. The molecule has 2 heterocycles. The van der Waals surface area contributed by atoms with Crippen LogP contribution in [0.2, 0.25) is 0 Å². The van der Waals surface area contributed by atoms with Gasteiger partial charge in [0.25, 0.3) is 5.91 Å². The van der Waals surface area contributed by atoms with Gasteiger partial charge in [-0.2, -0.15) is 5.10 Å². The number of carbonyl (C=O) groups excluding carboxylic acids is 1. The molecule has 2 aromatic rings. The summed E-state index contributed by atoms with van der Waals surface area (Å²) in [5.41, 5.74) is 4.41. The smallest absolute Gasteiger partial charge is 0.259 e. The molecule has 1 atom stereocenters. The second kappa shape index (κ2) is 7.40. The fourth-order valence-corrected chi connectivity index (χ4v) is 3.62. The van der Waals surface area contributed by atoms with Gasteiger partial charge in [-0.15, -0.1) is 0 Å². The number of likely N-dealkylation sites (tertiary alicyclic amines) is 1. The zero-order chi connectivity index (χ0) is 18.0. The molecule has 25 heavy (non-hydrogen) atoms. The molecule has 3 rings (SSSR count). The van der Waals surface area contributed by atoms with Crippen LogP contribution in [-0.2, 0) is 13.6 Å². The summed E-state index contributed by atoms with van der Waals surface area (Å²) in [5, 5.41) is 7.30. The van der Waals surface area contributed by atoms with E-state index in [2.05, 4.69) is 34.4 Å². The van der Waals surface area contributed by atoms with E-state index in [9.17, 15) is 4.79 Å². The van der Waals surface area contributed by atoms with Gasteiger partial charge in [0.05, 0.1) is 11.3 Å². The van der Waals surface area contributed by atoms with Crippen LogP contribution in [0, 0.1) is 13.8 Å². The normalized spacial score (nSPS) is 18.3. The van der Waals surface area contributed by atoms with E-state index in [1.165, 1.54) is 31.4 Å². The standard InChI is InChI=1S/C20H28N4O/c1-14-7-5-6-12-24(14)13-17-8-10-18(11-9-17)21-20(25)19-15(2)22-23(4)16(19)3/h8-11,14H,5-7,12-13H2,1-4H3,(H,21,25). The molecule has 1 aliphatic heterocycles. The van der Waals surface area contributed by atoms with Crippen LogP contribution in [0.25, 0.3) is 0 Å². The summed E-state index contributed by atoms with van der Waals surface area (Å²) in [4.78, 5) is 15.1. The molecule has 1 fully saturated rings. The molecule has 5 heteroatoms. The summed E-state index contributed by atoms with van der Waals surface area (Å²) < 4.78 is 1.74. The summed E-state index contributed by atoms with van der Waals surface area (Å²) in [6.45, 7) is 8.25. The van der Waals surface area contributed by atoms with Crippen LogP contribution < -0.4 is 5.32 Å². The molecule has 134 valence electrons. The Morgan fingerprint density at radius 2 is 1.96 bits per heavy atom. The number of hydrogen-bond acceptors (Lipinski definition) is 3. The summed E-state index contributed by atoms with van der Waals surface area (Å²) in [6.07, 6.45) is 3.93. The van der Waals surface area contributed by atoms with Gasteiger partial charge >= 0.3 is 0 Å². The van der Waals surface area contributed by atoms with Gasteiger partial charge in [0, 0.05) is 31.0 Å². The lowest BCUT2D eigenvalue weighted by Gasteiger charge is -2.33. The Labute approximate surface area is 150 Å². The van der Waals surface area contributed by atoms with Gasteiger partial charge in [-0.25, -0.2) is 0 Å². The highest BCUT2D eigenvalue weighted by Gasteiger charge is 2.19. The van der Waals surface area contributed by atoms with Gasteiger partial charge in [-0.05, 0) is 57.9 Å². The number of benzene rings is 1. The van der Waals surface area contributed by atoms with Crippen molar-refractivity contribution < 1.29 is 4.79 Å². The van der Waals surface area contributed by atoms with Crippen LogP contribution in [-0.4, -0.2) is 33.2 Å². The average molecular weight is 340 g/mol. The number of aryl methyl sites for hydroxylation is 2. The van der Waals surface area contributed by atoms with Gasteiger partial charge in [0.2, 0.25) is 0 Å². The van der Waals surface area contributed by atoms with E-state index >= 15 is 0 Å². The first-order chi connectivity index (χ1) is 12.0. The first-order valence-electron chi connectivity index (χ1n) is 9.10. The minimum atomic E-state index is -0.0968. The number of aromatic nitrogens is 2. The van der Waals surface area contributed by atoms with E-state index in [1.807, 2.05) is 33.0 Å². The highest BCUT2D eigenvalue weighted by Crippen LogP contribution is 2.20. The number of nitrogens with one attached hydrogen (secondary N) is 1. The molecule has 0 aliphatic carbocycles. The molecule has 5 nitrogen and oxygen atoms in total. The molecule has 1 saturated heterocycles. The minimum absolute atomic E-state index is 0.0968. The minimum Gasteiger partial charge on any atom is -0.322 e. The van der Waals surface area contributed by atoms with Crippen LogP contribution in [0.3, 0.4) is 0 Å². The van der Waals surface area contributed by atoms with Crippen LogP contribution >= 0.6 is 0 Å². The van der Waals surface area contributed by atoms with E-state index in [0.29, 0.717) is 11.6 Å². The summed E-state index contributed by atoms with van der Waals surface area (Å²) in [6, 6.07) is 8.86. The van der Waals surface area contributed by atoms with Crippen molar-refractivity contribution in [2.75, 3.05) is 11.9 Å². The fraction of sp³-hybridized carbons (Fsp3) is 0.500. The molecule has 1 aromatic heterocycles. The van der Waals surface area contributed by atoms with Gasteiger partial charge in [-0.3, -0.25) is 14.4 Å². The van der Waals surface area contributed by atoms with Crippen molar-refractivity contribution in [1.82, 2.24) is 14.7 Å². The van der Waals surface area contributed by atoms with E-state index in [1.54, 1.807) is 4.68 Å². The Bertz CT molecular complexity index is 748. The number of amides is 1. The third-order valence-corrected chi connectivity index (χ3v) is 5.27. The van der Waals surface area contributed by atoms with E-state index in [0.717, 1.165) is 23.6 Å². The largest absolute Gasteiger partial charge is 0.322 e. The van der Waals surface area contributed by atoms with Gasteiger partial charge in [0.15, 0.2) is 0 Å². The molecule has 1 N–H and O–H groups in total. The molecule has 1 aliphatic rings. The van der Waals surface area contributed by atoms with Crippen molar-refractivity contribution in [3.63, 3.8) is 0 Å². The highest BCUT2D eigenvalue weighted by molar-refractivity contribution is 6.05. The van der Waals surface area contributed by atoms with Gasteiger partial charge < -0.3 is 5.32 Å². The highest BCUT2D eigenvalue weighted by atomic mass is 16.1. The predicted octanol–water partition coefficient (Wildman–Crippen LogP) is 3.66. The lowest BCUT2D eigenvalue weighted by Crippen LogP contribution is -2.36. The SMILES string of the molecule is Cc1nn(C)c(C)c1C(=O)Nc1ccc(CN2CCCCC2C)cc1. The predicted molar refractivity (Wildman–Crippen MR) is 101 cm³/mol. The lowest BCUT2D eigenvalue weighted by atomic mass is 10.0. The van der Waals surface area contributed by atoms with Crippen molar-refractivity contribution in [1.29, 1.82) is 0 Å². The molecular weight excluding hydrogens is 312 g/mol. The maximum absolute atomic E-state index is 12.5. The molecule has 1 aromatic carbocycles. The van der Waals surface area contributed by atoms with E-state index in [-0.39, 0.29) is 5.91 Å². The van der Waals surface area contributed by atoms with Crippen molar-refractivity contribution in [2.24, 2.45) is 7.05 Å². The second-order valence-electron chi connectivity index (χ2n) is 7.14. The number of hydrogen-bond donors (Lipinski definition) is 1. The second-order valence-corrected chi connectivity index (χ2v) is 7.14. The van der Waals surface area contributed by atoms with Crippen LogP contribution in [0.15, 0.2) is 24.3 Å². The number of carbonyl (C=O) groups is 1. The molecule has 0 saturated carbocycles. The first kappa shape index (κ1) is 17.7. The summed E-state index contributed by atoms with van der Waals surface area (Å²) >= 11 is 0. The number of anilines is 1. The van der Waals surface area contributed by atoms with Crippen molar-refractivity contribution in [2.45, 2.75) is 52.6 Å². The van der Waals surface area contributed by atoms with Crippen molar-refractivity contribution >= 4 is 11.6 Å². The molecule has 0 radical (unpaired) electrons. The lowest BCUT2D eigenvalue weighted by molar-refractivity contribution is 0.102. The third kappa shape index (κ3) is 3.93. The summed E-state index contributed by atoms with van der Waals surface area (Å²) in [7, 11) is 1.86. The maximum Gasteiger partial charge on any atom is 0.259 e.